The largest absolute Gasteiger partial charge is 0.462 e. The molecule has 0 fully saturated rings. The van der Waals surface area contributed by atoms with E-state index in [4.69, 9.17) is 4.74 Å². The maximum Gasteiger partial charge on any atom is 0.306 e. The van der Waals surface area contributed by atoms with Gasteiger partial charge in [-0.15, -0.1) is 0 Å². The molecule has 0 aromatic heterocycles. The summed E-state index contributed by atoms with van der Waals surface area (Å²) in [6.07, 6.45) is 63.1. The maximum absolute atomic E-state index is 13.2. The van der Waals surface area contributed by atoms with E-state index in [1.54, 1.807) is 0 Å². The van der Waals surface area contributed by atoms with E-state index < -0.39 is 18.2 Å². The molecule has 0 aromatic rings. The van der Waals surface area contributed by atoms with Crippen molar-refractivity contribution in [3.8, 4) is 0 Å². The van der Waals surface area contributed by atoms with Crippen molar-refractivity contribution < 1.29 is 24.5 Å². The van der Waals surface area contributed by atoms with E-state index in [0.29, 0.717) is 19.3 Å². The van der Waals surface area contributed by atoms with Crippen LogP contribution in [0.1, 0.15) is 284 Å². The van der Waals surface area contributed by atoms with Crippen molar-refractivity contribution in [2.45, 2.75) is 302 Å². The Hall–Kier alpha value is -2.18. The van der Waals surface area contributed by atoms with Gasteiger partial charge < -0.3 is 20.3 Å². The number of ether oxygens (including phenoxy) is 1. The number of rotatable bonds is 50. The molecule has 0 bridgehead atoms. The summed E-state index contributed by atoms with van der Waals surface area (Å²) >= 11 is 0. The van der Waals surface area contributed by atoms with Crippen molar-refractivity contribution in [3.63, 3.8) is 0 Å². The summed E-state index contributed by atoms with van der Waals surface area (Å²) < 4.78 is 5.94. The van der Waals surface area contributed by atoms with E-state index in [1.807, 2.05) is 0 Å². The average molecular weight is 898 g/mol. The number of aliphatic hydroxyl groups excluding tert-OH is 2. The van der Waals surface area contributed by atoms with Gasteiger partial charge in [0.15, 0.2) is 0 Å². The molecule has 0 saturated heterocycles. The number of hydrogen-bond donors (Lipinski definition) is 3. The molecule has 3 N–H and O–H groups in total. The fourth-order valence-electron chi connectivity index (χ4n) is 8.39. The number of nitrogens with one attached hydrogen (secondary N) is 1. The molecule has 64 heavy (non-hydrogen) atoms. The molecule has 1 amide bonds. The summed E-state index contributed by atoms with van der Waals surface area (Å²) in [4.78, 5) is 26.2. The number of esters is 1. The quantitative estimate of drug-likeness (QED) is 0.0245. The van der Waals surface area contributed by atoms with E-state index in [-0.39, 0.29) is 24.9 Å². The van der Waals surface area contributed by atoms with E-state index in [1.165, 1.54) is 161 Å². The molecule has 6 nitrogen and oxygen atoms in total. The van der Waals surface area contributed by atoms with Crippen LogP contribution >= 0.6 is 0 Å². The number of hydrogen-bond acceptors (Lipinski definition) is 5. The van der Waals surface area contributed by atoms with Crippen LogP contribution in [0.5, 0.6) is 0 Å². The van der Waals surface area contributed by atoms with Crippen LogP contribution in [0.25, 0.3) is 0 Å². The first-order valence-electron chi connectivity index (χ1n) is 27.9. The summed E-state index contributed by atoms with van der Waals surface area (Å²) in [6.45, 7) is 6.44. The molecule has 3 atom stereocenters. The fraction of sp³-hybridized carbons (Fsp3) is 0.828. The Bertz CT molecular complexity index is 1100. The third-order valence-electron chi connectivity index (χ3n) is 12.7. The average Bonchev–Trinajstić information content (AvgIpc) is 3.29. The molecule has 0 aliphatic heterocycles. The van der Waals surface area contributed by atoms with Crippen LogP contribution in [0.2, 0.25) is 0 Å². The van der Waals surface area contributed by atoms with Gasteiger partial charge in [-0.25, -0.2) is 0 Å². The highest BCUT2D eigenvalue weighted by molar-refractivity contribution is 5.77. The molecule has 0 aliphatic carbocycles. The molecule has 0 aliphatic rings. The first kappa shape index (κ1) is 61.8. The van der Waals surface area contributed by atoms with E-state index in [9.17, 15) is 19.8 Å². The minimum Gasteiger partial charge on any atom is -0.462 e. The standard InChI is InChI=1S/C58H107NO5/c1-4-7-10-13-16-19-22-25-28-31-34-37-40-43-46-49-54(64-58(63)51-48-45-42-39-36-33-30-27-24-21-18-15-12-9-6-3)52-57(62)59-55(53-60)56(61)50-47-44-41-38-35-32-29-26-23-20-17-14-11-8-5-2/h16,18-19,21,24-25,27-28,54-56,60-61H,4-15,17,20,22-23,26,29-53H2,1-3H3,(H,59,62)/b19-16-,21-18+,27-24+,28-25-. The minimum absolute atomic E-state index is 0.0643. The number of carbonyl (C=O) groups excluding carboxylic acids is 2. The van der Waals surface area contributed by atoms with Crippen LogP contribution in [0, 0.1) is 0 Å². The van der Waals surface area contributed by atoms with Crippen LogP contribution < -0.4 is 5.32 Å². The molecule has 0 rings (SSSR count). The predicted molar refractivity (Wildman–Crippen MR) is 278 cm³/mol. The Morgan fingerprint density at radius 2 is 0.844 bits per heavy atom. The Morgan fingerprint density at radius 1 is 0.469 bits per heavy atom. The van der Waals surface area contributed by atoms with Gasteiger partial charge in [-0.05, 0) is 83.5 Å². The Labute approximate surface area is 397 Å². The second-order valence-corrected chi connectivity index (χ2v) is 19.0. The van der Waals surface area contributed by atoms with Crippen molar-refractivity contribution in [1.29, 1.82) is 0 Å². The highest BCUT2D eigenvalue weighted by Gasteiger charge is 2.24. The predicted octanol–water partition coefficient (Wildman–Crippen LogP) is 17.0. The number of carbonyl (C=O) groups is 2. The summed E-state index contributed by atoms with van der Waals surface area (Å²) in [5.74, 6) is -0.493. The smallest absolute Gasteiger partial charge is 0.306 e. The summed E-state index contributed by atoms with van der Waals surface area (Å²) in [5.41, 5.74) is 0. The fourth-order valence-corrected chi connectivity index (χ4v) is 8.39. The molecule has 0 heterocycles. The lowest BCUT2D eigenvalue weighted by molar-refractivity contribution is -0.151. The molecule has 0 spiro atoms. The summed E-state index contributed by atoms with van der Waals surface area (Å²) in [5, 5.41) is 23.9. The van der Waals surface area contributed by atoms with Gasteiger partial charge in [0.25, 0.3) is 0 Å². The maximum atomic E-state index is 13.2. The van der Waals surface area contributed by atoms with Crippen molar-refractivity contribution in [3.05, 3.63) is 48.6 Å². The number of allylic oxidation sites excluding steroid dienone is 8. The lowest BCUT2D eigenvalue weighted by Crippen LogP contribution is -2.46. The molecule has 374 valence electrons. The lowest BCUT2D eigenvalue weighted by atomic mass is 10.0. The molecular formula is C58H107NO5. The Balaban J connectivity index is 4.59. The summed E-state index contributed by atoms with van der Waals surface area (Å²) in [7, 11) is 0. The zero-order valence-electron chi connectivity index (χ0n) is 42.7. The van der Waals surface area contributed by atoms with Crippen molar-refractivity contribution in [1.82, 2.24) is 5.32 Å². The van der Waals surface area contributed by atoms with Crippen molar-refractivity contribution in [2.75, 3.05) is 6.61 Å². The number of unbranched alkanes of at least 4 members (excludes halogenated alkanes) is 31. The first-order chi connectivity index (χ1) is 31.5. The SMILES string of the molecule is CCCCC/C=C\C/C=C\CCCCCCCC(CC(=O)NC(CO)C(O)CCCCCCCCCCCCCCCCC)OC(=O)CCCCCCCC/C=C/C=C/CCCCC. The first-order valence-corrected chi connectivity index (χ1v) is 27.9. The molecule has 6 heteroatoms. The lowest BCUT2D eigenvalue weighted by Gasteiger charge is -2.24. The molecule has 0 radical (unpaired) electrons. The van der Waals surface area contributed by atoms with Gasteiger partial charge in [0.1, 0.15) is 6.10 Å². The zero-order valence-corrected chi connectivity index (χ0v) is 42.7. The van der Waals surface area contributed by atoms with Gasteiger partial charge >= 0.3 is 5.97 Å². The van der Waals surface area contributed by atoms with Crippen molar-refractivity contribution >= 4 is 11.9 Å². The minimum atomic E-state index is -0.794. The second-order valence-electron chi connectivity index (χ2n) is 19.0. The topological polar surface area (TPSA) is 95.9 Å². The zero-order chi connectivity index (χ0) is 46.7. The van der Waals surface area contributed by atoms with Crippen LogP contribution in [-0.4, -0.2) is 46.9 Å². The van der Waals surface area contributed by atoms with Gasteiger partial charge in [-0.2, -0.15) is 0 Å². The van der Waals surface area contributed by atoms with Gasteiger partial charge in [-0.3, -0.25) is 9.59 Å². The highest BCUT2D eigenvalue weighted by atomic mass is 16.5. The monoisotopic (exact) mass is 898 g/mol. The van der Waals surface area contributed by atoms with Crippen molar-refractivity contribution in [2.24, 2.45) is 0 Å². The Morgan fingerprint density at radius 3 is 1.31 bits per heavy atom. The highest BCUT2D eigenvalue weighted by Crippen LogP contribution is 2.18. The molecule has 0 aromatic carbocycles. The molecular weight excluding hydrogens is 791 g/mol. The van der Waals surface area contributed by atoms with Gasteiger partial charge in [0.05, 0.1) is 25.2 Å². The molecule has 0 saturated carbocycles. The Kier molecular flexibility index (Phi) is 50.0. The number of amides is 1. The third-order valence-corrected chi connectivity index (χ3v) is 12.7. The van der Waals surface area contributed by atoms with Gasteiger partial charge in [0, 0.05) is 6.42 Å². The van der Waals surface area contributed by atoms with E-state index >= 15 is 0 Å². The second kappa shape index (κ2) is 51.8. The molecule has 3 unspecified atom stereocenters. The van der Waals surface area contributed by atoms with E-state index in [0.717, 1.165) is 77.0 Å². The normalized spacial score (nSPS) is 13.5. The van der Waals surface area contributed by atoms with Crippen LogP contribution in [-0.2, 0) is 14.3 Å². The van der Waals surface area contributed by atoms with Crippen LogP contribution in [0.15, 0.2) is 48.6 Å². The van der Waals surface area contributed by atoms with Gasteiger partial charge in [0.2, 0.25) is 5.91 Å². The summed E-state index contributed by atoms with van der Waals surface area (Å²) in [6, 6.07) is -0.709. The van der Waals surface area contributed by atoms with Crippen LogP contribution in [0.3, 0.4) is 0 Å². The van der Waals surface area contributed by atoms with Crippen LogP contribution in [0.4, 0.5) is 0 Å². The van der Waals surface area contributed by atoms with E-state index in [2.05, 4.69) is 74.7 Å². The number of aliphatic hydroxyl groups is 2. The van der Waals surface area contributed by atoms with Gasteiger partial charge in [-0.1, -0.05) is 236 Å². The third kappa shape index (κ3) is 46.4.